The Labute approximate surface area is 114 Å². The van der Waals surface area contributed by atoms with Crippen LogP contribution in [0, 0.1) is 5.82 Å². The van der Waals surface area contributed by atoms with Crippen LogP contribution in [0.5, 0.6) is 0 Å². The lowest BCUT2D eigenvalue weighted by atomic mass is 10.1. The second kappa shape index (κ2) is 5.70. The van der Waals surface area contributed by atoms with E-state index in [0.29, 0.717) is 17.3 Å². The van der Waals surface area contributed by atoms with Gasteiger partial charge in [0.25, 0.3) is 0 Å². The van der Waals surface area contributed by atoms with Crippen molar-refractivity contribution in [3.63, 3.8) is 0 Å². The molecule has 0 spiro atoms. The summed E-state index contributed by atoms with van der Waals surface area (Å²) in [5.41, 5.74) is 0.984. The van der Waals surface area contributed by atoms with Crippen LogP contribution in [0.3, 0.4) is 0 Å². The lowest BCUT2D eigenvalue weighted by Gasteiger charge is -2.27. The molecule has 4 heteroatoms. The third-order valence-electron chi connectivity index (χ3n) is 3.92. The van der Waals surface area contributed by atoms with E-state index in [1.54, 1.807) is 12.1 Å². The average molecular weight is 264 g/mol. The van der Waals surface area contributed by atoms with Gasteiger partial charge in [-0.3, -0.25) is 4.79 Å². The Morgan fingerprint density at radius 1 is 1.53 bits per heavy atom. The first-order valence-electron chi connectivity index (χ1n) is 6.71. The molecule has 19 heavy (non-hydrogen) atoms. The fourth-order valence-electron chi connectivity index (χ4n) is 2.66. The summed E-state index contributed by atoms with van der Waals surface area (Å²) < 4.78 is 14.0. The average Bonchev–Trinajstić information content (AvgIpc) is 2.74. The minimum Gasteiger partial charge on any atom is -0.371 e. The predicted molar refractivity (Wildman–Crippen MR) is 75.3 cm³/mol. The zero-order valence-corrected chi connectivity index (χ0v) is 11.8. The zero-order valence-electron chi connectivity index (χ0n) is 11.8. The molecule has 0 aliphatic carbocycles. The molecule has 1 aliphatic rings. The largest absolute Gasteiger partial charge is 0.371 e. The van der Waals surface area contributed by atoms with Crippen molar-refractivity contribution in [2.24, 2.45) is 0 Å². The van der Waals surface area contributed by atoms with Crippen LogP contribution in [0.15, 0.2) is 18.2 Å². The van der Waals surface area contributed by atoms with Crippen LogP contribution in [0.25, 0.3) is 0 Å². The summed E-state index contributed by atoms with van der Waals surface area (Å²) in [4.78, 5) is 15.5. The van der Waals surface area contributed by atoms with Crippen molar-refractivity contribution < 1.29 is 9.18 Å². The first kappa shape index (κ1) is 14.0. The number of hydrogen-bond acceptors (Lipinski definition) is 3. The molecule has 1 aromatic rings. The lowest BCUT2D eigenvalue weighted by Crippen LogP contribution is -2.37. The van der Waals surface area contributed by atoms with Crippen molar-refractivity contribution in [2.75, 3.05) is 32.1 Å². The van der Waals surface area contributed by atoms with E-state index >= 15 is 0 Å². The van der Waals surface area contributed by atoms with E-state index in [1.165, 1.54) is 19.4 Å². The first-order chi connectivity index (χ1) is 8.99. The summed E-state index contributed by atoms with van der Waals surface area (Å²) in [5, 5.41) is 0. The molecule has 0 N–H and O–H groups in total. The van der Waals surface area contributed by atoms with Gasteiger partial charge in [-0.1, -0.05) is 0 Å². The zero-order chi connectivity index (χ0) is 14.0. The van der Waals surface area contributed by atoms with Crippen LogP contribution >= 0.6 is 0 Å². The maximum atomic E-state index is 14.0. The molecule has 0 radical (unpaired) electrons. The molecular formula is C15H21FN2O. The van der Waals surface area contributed by atoms with Gasteiger partial charge >= 0.3 is 0 Å². The van der Waals surface area contributed by atoms with Crippen molar-refractivity contribution in [3.05, 3.63) is 29.6 Å². The van der Waals surface area contributed by atoms with Gasteiger partial charge in [0.2, 0.25) is 0 Å². The second-order valence-electron chi connectivity index (χ2n) is 5.38. The van der Waals surface area contributed by atoms with Crippen LogP contribution in [0.1, 0.15) is 30.1 Å². The first-order valence-corrected chi connectivity index (χ1v) is 6.71. The van der Waals surface area contributed by atoms with Crippen molar-refractivity contribution in [3.8, 4) is 0 Å². The van der Waals surface area contributed by atoms with Gasteiger partial charge in [0.05, 0.1) is 5.69 Å². The van der Waals surface area contributed by atoms with Crippen LogP contribution in [-0.2, 0) is 0 Å². The highest BCUT2D eigenvalue weighted by atomic mass is 19.1. The van der Waals surface area contributed by atoms with E-state index in [-0.39, 0.29) is 11.6 Å². The number of likely N-dealkylation sites (tertiary alicyclic amines) is 1. The highest BCUT2D eigenvalue weighted by Crippen LogP contribution is 2.23. The third-order valence-corrected chi connectivity index (χ3v) is 3.92. The van der Waals surface area contributed by atoms with Crippen molar-refractivity contribution >= 4 is 11.5 Å². The molecular weight excluding hydrogens is 243 g/mol. The van der Waals surface area contributed by atoms with E-state index in [2.05, 4.69) is 11.9 Å². The highest BCUT2D eigenvalue weighted by molar-refractivity contribution is 5.94. The minimum atomic E-state index is -0.323. The standard InChI is InChI=1S/C15H21FN2O/c1-11(19)12-6-7-15(14(16)9-12)18(3)10-13-5-4-8-17(13)2/h6-7,9,13H,4-5,8,10H2,1-3H3. The van der Waals surface area contributed by atoms with Crippen LogP contribution < -0.4 is 4.90 Å². The molecule has 1 aromatic carbocycles. The van der Waals surface area contributed by atoms with Gasteiger partial charge in [0, 0.05) is 25.2 Å². The molecule has 1 unspecified atom stereocenters. The summed E-state index contributed by atoms with van der Waals surface area (Å²) in [6.07, 6.45) is 2.37. The summed E-state index contributed by atoms with van der Waals surface area (Å²) in [5.74, 6) is -0.431. The van der Waals surface area contributed by atoms with E-state index in [1.807, 2.05) is 11.9 Å². The SMILES string of the molecule is CC(=O)c1ccc(N(C)CC2CCCN2C)c(F)c1. The van der Waals surface area contributed by atoms with Gasteiger partial charge in [-0.25, -0.2) is 4.39 Å². The molecule has 0 aromatic heterocycles. The maximum absolute atomic E-state index is 14.0. The number of benzene rings is 1. The molecule has 3 nitrogen and oxygen atoms in total. The van der Waals surface area contributed by atoms with Gasteiger partial charge in [0.15, 0.2) is 5.78 Å². The predicted octanol–water partition coefficient (Wildman–Crippen LogP) is 2.56. The van der Waals surface area contributed by atoms with Crippen molar-refractivity contribution in [1.82, 2.24) is 4.90 Å². The molecule has 1 atom stereocenters. The third kappa shape index (κ3) is 3.13. The summed E-state index contributed by atoms with van der Waals surface area (Å²) >= 11 is 0. The summed E-state index contributed by atoms with van der Waals surface area (Å²) in [6.45, 7) is 3.38. The number of rotatable bonds is 4. The number of ketones is 1. The molecule has 1 heterocycles. The van der Waals surface area contributed by atoms with Crippen LogP contribution in [0.4, 0.5) is 10.1 Å². The van der Waals surface area contributed by atoms with Gasteiger partial charge in [-0.2, -0.15) is 0 Å². The maximum Gasteiger partial charge on any atom is 0.159 e. The Kier molecular flexibility index (Phi) is 4.20. The molecule has 1 aliphatic heterocycles. The number of Topliss-reactive ketones (excluding diaryl/α,β-unsaturated/α-hetero) is 1. The van der Waals surface area contributed by atoms with E-state index in [9.17, 15) is 9.18 Å². The Morgan fingerprint density at radius 3 is 2.79 bits per heavy atom. The number of halogens is 1. The van der Waals surface area contributed by atoms with E-state index < -0.39 is 0 Å². The quantitative estimate of drug-likeness (QED) is 0.781. The Hall–Kier alpha value is -1.42. The fraction of sp³-hybridized carbons (Fsp3) is 0.533. The number of likely N-dealkylation sites (N-methyl/N-ethyl adjacent to an activating group) is 2. The van der Waals surface area contributed by atoms with E-state index in [0.717, 1.165) is 19.5 Å². The lowest BCUT2D eigenvalue weighted by molar-refractivity contribution is 0.101. The van der Waals surface area contributed by atoms with Gasteiger partial charge in [-0.05, 0) is 51.6 Å². The fourth-order valence-corrected chi connectivity index (χ4v) is 2.66. The molecule has 2 rings (SSSR count). The number of anilines is 1. The van der Waals surface area contributed by atoms with Crippen LogP contribution in [0.2, 0.25) is 0 Å². The minimum absolute atomic E-state index is 0.108. The van der Waals surface area contributed by atoms with Crippen molar-refractivity contribution in [1.29, 1.82) is 0 Å². The molecule has 1 fully saturated rings. The smallest absolute Gasteiger partial charge is 0.159 e. The normalized spacial score (nSPS) is 19.7. The molecule has 0 saturated carbocycles. The molecule has 104 valence electrons. The summed E-state index contributed by atoms with van der Waals surface area (Å²) in [6, 6.07) is 5.19. The van der Waals surface area contributed by atoms with Gasteiger partial charge in [0.1, 0.15) is 5.82 Å². The number of nitrogens with zero attached hydrogens (tertiary/aromatic N) is 2. The Morgan fingerprint density at radius 2 is 2.26 bits per heavy atom. The molecule has 1 saturated heterocycles. The highest BCUT2D eigenvalue weighted by Gasteiger charge is 2.23. The van der Waals surface area contributed by atoms with E-state index in [4.69, 9.17) is 0 Å². The van der Waals surface area contributed by atoms with Gasteiger partial charge < -0.3 is 9.80 Å². The monoisotopic (exact) mass is 264 g/mol. The van der Waals surface area contributed by atoms with Crippen LogP contribution in [-0.4, -0.2) is 43.9 Å². The Balaban J connectivity index is 2.10. The number of carbonyl (C=O) groups is 1. The van der Waals surface area contributed by atoms with Gasteiger partial charge in [-0.15, -0.1) is 0 Å². The van der Waals surface area contributed by atoms with Crippen molar-refractivity contribution in [2.45, 2.75) is 25.8 Å². The number of hydrogen-bond donors (Lipinski definition) is 0. The molecule has 0 bridgehead atoms. The second-order valence-corrected chi connectivity index (χ2v) is 5.38. The molecule has 0 amide bonds. The summed E-state index contributed by atoms with van der Waals surface area (Å²) in [7, 11) is 4.01. The topological polar surface area (TPSA) is 23.6 Å². The Bertz CT molecular complexity index is 475. The number of carbonyl (C=O) groups excluding carboxylic acids is 1.